The number of fused-ring (bicyclic) bond motifs is 1. The molecule has 1 atom stereocenters. The van der Waals surface area contributed by atoms with E-state index in [2.05, 4.69) is 62.1 Å². The number of hydrogen-bond acceptors (Lipinski definition) is 3. The van der Waals surface area contributed by atoms with Gasteiger partial charge in [0.05, 0.1) is 5.69 Å². The molecule has 2 heterocycles. The van der Waals surface area contributed by atoms with Crippen molar-refractivity contribution in [2.75, 3.05) is 6.54 Å². The third-order valence-electron chi connectivity index (χ3n) is 3.60. The van der Waals surface area contributed by atoms with Crippen LogP contribution >= 0.6 is 11.3 Å². The summed E-state index contributed by atoms with van der Waals surface area (Å²) in [7, 11) is 0. The van der Waals surface area contributed by atoms with Crippen LogP contribution in [0.3, 0.4) is 0 Å². The van der Waals surface area contributed by atoms with Crippen molar-refractivity contribution in [3.05, 3.63) is 23.5 Å². The van der Waals surface area contributed by atoms with Crippen LogP contribution in [0.15, 0.2) is 17.8 Å². The Morgan fingerprint density at radius 3 is 2.68 bits per heavy atom. The Kier molecular flexibility index (Phi) is 4.31. The normalized spacial score (nSPS) is 14.4. The van der Waals surface area contributed by atoms with Crippen LogP contribution in [0.2, 0.25) is 0 Å². The van der Waals surface area contributed by atoms with Crippen molar-refractivity contribution in [2.24, 2.45) is 11.3 Å². The minimum absolute atomic E-state index is 0.291. The molecule has 0 spiro atoms. The molecule has 0 fully saturated rings. The number of hydrogen-bond donors (Lipinski definition) is 1. The highest BCUT2D eigenvalue weighted by Gasteiger charge is 2.25. The number of rotatable bonds is 5. The molecule has 0 aliphatic rings. The van der Waals surface area contributed by atoms with Crippen LogP contribution in [0, 0.1) is 11.3 Å². The van der Waals surface area contributed by atoms with Crippen molar-refractivity contribution in [1.82, 2.24) is 14.7 Å². The first-order chi connectivity index (χ1) is 8.86. The summed E-state index contributed by atoms with van der Waals surface area (Å²) < 4.78 is 2.12. The number of nitrogens with one attached hydrogen (secondary N) is 1. The predicted octanol–water partition coefficient (Wildman–Crippen LogP) is 3.60. The molecule has 0 amide bonds. The van der Waals surface area contributed by atoms with E-state index in [0.29, 0.717) is 17.4 Å². The molecule has 0 aliphatic carbocycles. The molecular formula is C15H25N3S. The monoisotopic (exact) mass is 279 g/mol. The molecule has 0 aliphatic heterocycles. The fraction of sp³-hybridized carbons (Fsp3) is 0.667. The Hall–Kier alpha value is -0.870. The summed E-state index contributed by atoms with van der Waals surface area (Å²) in [5.41, 5.74) is 1.50. The molecule has 0 radical (unpaired) electrons. The smallest absolute Gasteiger partial charge is 0.193 e. The van der Waals surface area contributed by atoms with E-state index in [0.717, 1.165) is 17.9 Å². The summed E-state index contributed by atoms with van der Waals surface area (Å²) in [6.07, 6.45) is 5.28. The van der Waals surface area contributed by atoms with E-state index in [1.165, 1.54) is 5.69 Å². The fourth-order valence-electron chi connectivity index (χ4n) is 2.19. The molecule has 4 heteroatoms. The second-order valence-electron chi connectivity index (χ2n) is 6.66. The third kappa shape index (κ3) is 3.80. The zero-order valence-electron chi connectivity index (χ0n) is 12.6. The van der Waals surface area contributed by atoms with Crippen LogP contribution in [0.4, 0.5) is 0 Å². The lowest BCUT2D eigenvalue weighted by molar-refractivity contribution is 0.225. The van der Waals surface area contributed by atoms with E-state index in [9.17, 15) is 0 Å². The largest absolute Gasteiger partial charge is 0.314 e. The van der Waals surface area contributed by atoms with E-state index in [1.807, 2.05) is 0 Å². The van der Waals surface area contributed by atoms with Gasteiger partial charge in [0.15, 0.2) is 4.96 Å². The van der Waals surface area contributed by atoms with Crippen LogP contribution in [0.5, 0.6) is 0 Å². The lowest BCUT2D eigenvalue weighted by atomic mass is 9.78. The van der Waals surface area contributed by atoms with Gasteiger partial charge < -0.3 is 5.32 Å². The summed E-state index contributed by atoms with van der Waals surface area (Å²) in [4.78, 5) is 5.80. The van der Waals surface area contributed by atoms with Crippen molar-refractivity contribution in [2.45, 2.75) is 47.1 Å². The van der Waals surface area contributed by atoms with Crippen LogP contribution in [-0.2, 0) is 6.42 Å². The summed E-state index contributed by atoms with van der Waals surface area (Å²) in [6, 6.07) is 0.537. The van der Waals surface area contributed by atoms with Gasteiger partial charge in [-0.05, 0) is 24.3 Å². The number of aromatic nitrogens is 2. The van der Waals surface area contributed by atoms with Gasteiger partial charge in [-0.3, -0.25) is 4.40 Å². The third-order valence-corrected chi connectivity index (χ3v) is 4.37. The Morgan fingerprint density at radius 2 is 2.11 bits per heavy atom. The van der Waals surface area contributed by atoms with Gasteiger partial charge in [-0.1, -0.05) is 34.6 Å². The average Bonchev–Trinajstić information content (AvgIpc) is 2.81. The zero-order valence-corrected chi connectivity index (χ0v) is 13.4. The van der Waals surface area contributed by atoms with Gasteiger partial charge in [0.2, 0.25) is 0 Å². The van der Waals surface area contributed by atoms with E-state index in [-0.39, 0.29) is 0 Å². The van der Waals surface area contributed by atoms with Crippen molar-refractivity contribution in [1.29, 1.82) is 0 Å². The minimum Gasteiger partial charge on any atom is -0.314 e. The van der Waals surface area contributed by atoms with Gasteiger partial charge in [-0.2, -0.15) is 0 Å². The van der Waals surface area contributed by atoms with Gasteiger partial charge in [-0.25, -0.2) is 4.98 Å². The standard InChI is InChI=1S/C15H25N3S/c1-11(2)16-9-12(15(3,4)5)8-13-10-18-6-7-19-14(18)17-13/h6-7,10-12,16H,8-9H2,1-5H3. The Labute approximate surface area is 120 Å². The molecular weight excluding hydrogens is 254 g/mol. The molecule has 1 N–H and O–H groups in total. The Bertz CT molecular complexity index is 490. The molecule has 2 aromatic heterocycles. The van der Waals surface area contributed by atoms with Gasteiger partial charge in [0.1, 0.15) is 0 Å². The fourth-order valence-corrected chi connectivity index (χ4v) is 2.91. The molecule has 19 heavy (non-hydrogen) atoms. The van der Waals surface area contributed by atoms with Crippen molar-refractivity contribution < 1.29 is 0 Å². The van der Waals surface area contributed by atoms with E-state index in [1.54, 1.807) is 11.3 Å². The summed E-state index contributed by atoms with van der Waals surface area (Å²) in [5, 5.41) is 5.65. The highest BCUT2D eigenvalue weighted by molar-refractivity contribution is 7.15. The van der Waals surface area contributed by atoms with Crippen LogP contribution < -0.4 is 5.32 Å². The maximum absolute atomic E-state index is 4.71. The molecule has 0 aromatic carbocycles. The maximum Gasteiger partial charge on any atom is 0.193 e. The molecule has 0 bridgehead atoms. The molecule has 2 aromatic rings. The molecule has 0 saturated carbocycles. The van der Waals surface area contributed by atoms with Crippen LogP contribution in [-0.4, -0.2) is 22.0 Å². The first-order valence-corrected chi connectivity index (χ1v) is 7.88. The Balaban J connectivity index is 2.08. The number of thiazole rings is 1. The van der Waals surface area contributed by atoms with Crippen molar-refractivity contribution in [3.8, 4) is 0 Å². The predicted molar refractivity (Wildman–Crippen MR) is 82.9 cm³/mol. The first-order valence-electron chi connectivity index (χ1n) is 7.00. The second-order valence-corrected chi connectivity index (χ2v) is 7.53. The molecule has 2 rings (SSSR count). The van der Waals surface area contributed by atoms with Crippen LogP contribution in [0.1, 0.15) is 40.3 Å². The lowest BCUT2D eigenvalue weighted by Crippen LogP contribution is -2.36. The van der Waals surface area contributed by atoms with E-state index in [4.69, 9.17) is 4.98 Å². The highest BCUT2D eigenvalue weighted by atomic mass is 32.1. The summed E-state index contributed by atoms with van der Waals surface area (Å²) in [6.45, 7) is 12.4. The topological polar surface area (TPSA) is 29.3 Å². The summed E-state index contributed by atoms with van der Waals surface area (Å²) >= 11 is 1.70. The van der Waals surface area contributed by atoms with Crippen molar-refractivity contribution in [3.63, 3.8) is 0 Å². The van der Waals surface area contributed by atoms with Crippen LogP contribution in [0.25, 0.3) is 4.96 Å². The highest BCUT2D eigenvalue weighted by Crippen LogP contribution is 2.29. The van der Waals surface area contributed by atoms with E-state index >= 15 is 0 Å². The first kappa shape index (κ1) is 14.5. The molecule has 0 saturated heterocycles. The molecule has 106 valence electrons. The minimum atomic E-state index is 0.291. The van der Waals surface area contributed by atoms with Gasteiger partial charge in [0.25, 0.3) is 0 Å². The second kappa shape index (κ2) is 5.63. The summed E-state index contributed by atoms with van der Waals surface area (Å²) in [5.74, 6) is 0.597. The number of nitrogens with zero attached hydrogens (tertiary/aromatic N) is 2. The Morgan fingerprint density at radius 1 is 1.37 bits per heavy atom. The van der Waals surface area contributed by atoms with Crippen molar-refractivity contribution >= 4 is 16.3 Å². The molecule has 1 unspecified atom stereocenters. The average molecular weight is 279 g/mol. The van der Waals surface area contributed by atoms with Gasteiger partial charge in [-0.15, -0.1) is 11.3 Å². The van der Waals surface area contributed by atoms with Gasteiger partial charge >= 0.3 is 0 Å². The van der Waals surface area contributed by atoms with Gasteiger partial charge in [0, 0.05) is 23.8 Å². The quantitative estimate of drug-likeness (QED) is 0.906. The molecule has 3 nitrogen and oxygen atoms in total. The number of imidazole rings is 1. The van der Waals surface area contributed by atoms with E-state index < -0.39 is 0 Å². The zero-order chi connectivity index (χ0) is 14.0. The maximum atomic E-state index is 4.71. The SMILES string of the molecule is CC(C)NCC(Cc1cn2ccsc2n1)C(C)(C)C. The lowest BCUT2D eigenvalue weighted by Gasteiger charge is -2.31.